The van der Waals surface area contributed by atoms with Crippen molar-refractivity contribution in [3.05, 3.63) is 4.91 Å². The van der Waals surface area contributed by atoms with E-state index in [1.807, 2.05) is 0 Å². The summed E-state index contributed by atoms with van der Waals surface area (Å²) in [6, 6.07) is -0.704. The van der Waals surface area contributed by atoms with Crippen molar-refractivity contribution in [2.24, 2.45) is 5.29 Å². The highest BCUT2D eigenvalue weighted by Crippen LogP contribution is 2.02. The van der Waals surface area contributed by atoms with Crippen LogP contribution in [0.2, 0.25) is 0 Å². The highest BCUT2D eigenvalue weighted by Gasteiger charge is 2.21. The molecule has 21 heavy (non-hydrogen) atoms. The molecule has 0 rings (SSSR count). The SMILES string of the molecule is CC(=O)OCCN(CCOC(C)=O)C(=O)N(CCCl)N=O. The number of amides is 2. The van der Waals surface area contributed by atoms with Crippen LogP contribution < -0.4 is 0 Å². The normalized spacial score (nSPS) is 9.67. The fourth-order valence-corrected chi connectivity index (χ4v) is 1.48. The molecular weight excluding hydrogens is 306 g/mol. The van der Waals surface area contributed by atoms with Gasteiger partial charge in [-0.25, -0.2) is 4.79 Å². The highest BCUT2D eigenvalue weighted by molar-refractivity contribution is 6.18. The summed E-state index contributed by atoms with van der Waals surface area (Å²) < 4.78 is 9.46. The average Bonchev–Trinajstić information content (AvgIpc) is 2.41. The molecule has 9 nitrogen and oxygen atoms in total. The number of nitrogens with zero attached hydrogens (tertiary/aromatic N) is 3. The molecule has 0 fully saturated rings. The molecule has 0 unspecified atom stereocenters. The van der Waals surface area contributed by atoms with E-state index < -0.39 is 18.0 Å². The molecule has 0 saturated carbocycles. The van der Waals surface area contributed by atoms with Gasteiger partial charge in [0, 0.05) is 19.7 Å². The molecule has 0 radical (unpaired) electrons. The van der Waals surface area contributed by atoms with Crippen molar-refractivity contribution >= 4 is 29.6 Å². The van der Waals surface area contributed by atoms with Gasteiger partial charge in [0.15, 0.2) is 0 Å². The van der Waals surface area contributed by atoms with Crippen LogP contribution in [-0.2, 0) is 19.1 Å². The van der Waals surface area contributed by atoms with Crippen molar-refractivity contribution in [3.8, 4) is 0 Å². The first-order chi connectivity index (χ1) is 9.92. The van der Waals surface area contributed by atoms with Crippen molar-refractivity contribution in [3.63, 3.8) is 0 Å². The van der Waals surface area contributed by atoms with Crippen LogP contribution in [0.3, 0.4) is 0 Å². The van der Waals surface area contributed by atoms with Crippen molar-refractivity contribution < 1.29 is 23.9 Å². The monoisotopic (exact) mass is 323 g/mol. The molecule has 0 heterocycles. The number of ether oxygens (including phenoxy) is 2. The summed E-state index contributed by atoms with van der Waals surface area (Å²) in [5, 5.41) is 3.22. The van der Waals surface area contributed by atoms with Crippen molar-refractivity contribution in [2.45, 2.75) is 13.8 Å². The first kappa shape index (κ1) is 19.1. The lowest BCUT2D eigenvalue weighted by atomic mass is 10.5. The second-order valence-corrected chi connectivity index (χ2v) is 4.22. The van der Waals surface area contributed by atoms with Crippen LogP contribution in [-0.4, -0.2) is 66.6 Å². The zero-order chi connectivity index (χ0) is 16.3. The van der Waals surface area contributed by atoms with E-state index in [9.17, 15) is 19.3 Å². The molecule has 0 N–H and O–H groups in total. The molecule has 120 valence electrons. The number of carbonyl (C=O) groups excluding carboxylic acids is 3. The fraction of sp³-hybridized carbons (Fsp3) is 0.727. The summed E-state index contributed by atoms with van der Waals surface area (Å²) in [5.41, 5.74) is 0. The second kappa shape index (κ2) is 10.8. The van der Waals surface area contributed by atoms with E-state index >= 15 is 0 Å². The zero-order valence-corrected chi connectivity index (χ0v) is 12.7. The summed E-state index contributed by atoms with van der Waals surface area (Å²) in [6.07, 6.45) is 0. The molecule has 0 aromatic carbocycles. The predicted octanol–water partition coefficient (Wildman–Crippen LogP) is 0.757. The third kappa shape index (κ3) is 8.79. The Morgan fingerprint density at radius 3 is 1.81 bits per heavy atom. The van der Waals surface area contributed by atoms with Gasteiger partial charge in [0.2, 0.25) is 0 Å². The average molecular weight is 324 g/mol. The van der Waals surface area contributed by atoms with Gasteiger partial charge in [0.25, 0.3) is 0 Å². The summed E-state index contributed by atoms with van der Waals surface area (Å²) in [6.45, 7) is 2.39. The van der Waals surface area contributed by atoms with E-state index in [1.54, 1.807) is 0 Å². The Morgan fingerprint density at radius 1 is 1.00 bits per heavy atom. The quantitative estimate of drug-likeness (QED) is 0.268. The van der Waals surface area contributed by atoms with Crippen LogP contribution in [0.5, 0.6) is 0 Å². The number of nitroso groups, excluding NO2 is 1. The number of carbonyl (C=O) groups is 3. The number of hydrogen-bond acceptors (Lipinski definition) is 7. The standard InChI is InChI=1S/C11H18ClN3O6/c1-9(16)20-7-5-14(6-8-21-10(2)17)11(18)15(13-19)4-3-12/h3-8H2,1-2H3. The molecule has 0 aromatic heterocycles. The minimum absolute atomic E-state index is 0.0357. The molecule has 0 atom stereocenters. The highest BCUT2D eigenvalue weighted by atomic mass is 35.5. The van der Waals surface area contributed by atoms with Crippen LogP contribution in [0.1, 0.15) is 13.8 Å². The molecule has 0 aliphatic carbocycles. The van der Waals surface area contributed by atoms with Crippen molar-refractivity contribution in [1.82, 2.24) is 9.91 Å². The largest absolute Gasteiger partial charge is 0.464 e. The number of rotatable bonds is 9. The summed E-state index contributed by atoms with van der Waals surface area (Å²) in [7, 11) is 0. The number of alkyl halides is 1. The van der Waals surface area contributed by atoms with Crippen LogP contribution in [0.25, 0.3) is 0 Å². The maximum absolute atomic E-state index is 12.0. The summed E-state index contributed by atoms with van der Waals surface area (Å²) in [4.78, 5) is 45.2. The van der Waals surface area contributed by atoms with E-state index in [0.29, 0.717) is 5.01 Å². The van der Waals surface area contributed by atoms with Gasteiger partial charge in [-0.2, -0.15) is 5.01 Å². The van der Waals surface area contributed by atoms with Gasteiger partial charge in [-0.3, -0.25) is 9.59 Å². The fourth-order valence-electron chi connectivity index (χ4n) is 1.32. The van der Waals surface area contributed by atoms with Gasteiger partial charge in [-0.1, -0.05) is 0 Å². The Hall–Kier alpha value is -1.90. The number of hydrogen-bond donors (Lipinski definition) is 0. The molecule has 0 spiro atoms. The minimum Gasteiger partial charge on any atom is -0.464 e. The van der Waals surface area contributed by atoms with Crippen LogP contribution >= 0.6 is 11.6 Å². The topological polar surface area (TPSA) is 106 Å². The lowest BCUT2D eigenvalue weighted by Crippen LogP contribution is -2.44. The van der Waals surface area contributed by atoms with Crippen LogP contribution in [0.15, 0.2) is 5.29 Å². The van der Waals surface area contributed by atoms with E-state index in [4.69, 9.17) is 21.1 Å². The second-order valence-electron chi connectivity index (χ2n) is 3.84. The molecule has 0 aromatic rings. The lowest BCUT2D eigenvalue weighted by Gasteiger charge is -2.25. The van der Waals surface area contributed by atoms with Crippen molar-refractivity contribution in [2.75, 3.05) is 38.7 Å². The van der Waals surface area contributed by atoms with Gasteiger partial charge in [0.05, 0.1) is 24.9 Å². The Balaban J connectivity index is 4.58. The lowest BCUT2D eigenvalue weighted by molar-refractivity contribution is -0.141. The molecule has 10 heteroatoms. The number of halogens is 1. The number of esters is 2. The molecule has 0 bridgehead atoms. The number of urea groups is 1. The van der Waals surface area contributed by atoms with E-state index in [1.165, 1.54) is 18.7 Å². The van der Waals surface area contributed by atoms with Crippen molar-refractivity contribution in [1.29, 1.82) is 0 Å². The minimum atomic E-state index is -0.704. The maximum Gasteiger partial charge on any atom is 0.343 e. The van der Waals surface area contributed by atoms with Gasteiger partial charge in [0.1, 0.15) is 13.2 Å². The smallest absolute Gasteiger partial charge is 0.343 e. The molecule has 2 amide bonds. The Bertz CT molecular complexity index is 359. The molecule has 0 aliphatic rings. The molecule has 0 aliphatic heterocycles. The first-order valence-corrected chi connectivity index (χ1v) is 6.68. The van der Waals surface area contributed by atoms with Crippen LogP contribution in [0, 0.1) is 4.91 Å². The Labute approximate surface area is 127 Å². The first-order valence-electron chi connectivity index (χ1n) is 6.14. The molecule has 0 saturated heterocycles. The van der Waals surface area contributed by atoms with E-state index in [0.717, 1.165) is 0 Å². The third-order valence-corrected chi connectivity index (χ3v) is 2.39. The maximum atomic E-state index is 12.0. The Kier molecular flexibility index (Phi) is 9.86. The van der Waals surface area contributed by atoms with Crippen LogP contribution in [0.4, 0.5) is 4.79 Å². The van der Waals surface area contributed by atoms with Gasteiger partial charge in [-0.05, 0) is 0 Å². The Morgan fingerprint density at radius 2 is 1.48 bits per heavy atom. The van der Waals surface area contributed by atoms with Gasteiger partial charge in [-0.15, -0.1) is 16.5 Å². The predicted molar refractivity (Wildman–Crippen MR) is 73.5 cm³/mol. The van der Waals surface area contributed by atoms with E-state index in [2.05, 4.69) is 5.29 Å². The van der Waals surface area contributed by atoms with E-state index in [-0.39, 0.29) is 38.7 Å². The van der Waals surface area contributed by atoms with Gasteiger partial charge >= 0.3 is 18.0 Å². The molecular formula is C11H18ClN3O6. The third-order valence-electron chi connectivity index (χ3n) is 2.22. The zero-order valence-electron chi connectivity index (χ0n) is 11.9. The summed E-state index contributed by atoms with van der Waals surface area (Å²) >= 11 is 5.47. The summed E-state index contributed by atoms with van der Waals surface area (Å²) in [5.74, 6) is -0.943. The van der Waals surface area contributed by atoms with Gasteiger partial charge < -0.3 is 14.4 Å².